The van der Waals surface area contributed by atoms with Gasteiger partial charge in [0.2, 0.25) is 0 Å². The predicted molar refractivity (Wildman–Crippen MR) is 130 cm³/mol. The fraction of sp³-hybridized carbons (Fsp3) is 0.417. The van der Waals surface area contributed by atoms with Gasteiger partial charge in [-0.2, -0.15) is 0 Å². The zero-order valence-corrected chi connectivity index (χ0v) is 19.8. The number of rotatable bonds is 9. The third-order valence-corrected chi connectivity index (χ3v) is 7.14. The molecule has 1 aromatic heterocycles. The summed E-state index contributed by atoms with van der Waals surface area (Å²) >= 11 is 1.60. The van der Waals surface area contributed by atoms with E-state index in [1.807, 2.05) is 30.3 Å². The number of non-ortho nitro benzene ring substituents is 1. The number of thioether (sulfide) groups is 1. The Hall–Kier alpha value is -3.07. The molecule has 4 rings (SSSR count). The van der Waals surface area contributed by atoms with Crippen LogP contribution in [0.15, 0.2) is 53.7 Å². The lowest BCUT2D eigenvalue weighted by Crippen LogP contribution is -2.18. The van der Waals surface area contributed by atoms with Crippen molar-refractivity contribution in [3.05, 3.63) is 70.0 Å². The second-order valence-electron chi connectivity index (χ2n) is 8.26. The number of aromatic nitrogens is 3. The zero-order valence-electron chi connectivity index (χ0n) is 18.9. The van der Waals surface area contributed by atoms with Crippen LogP contribution in [0.25, 0.3) is 0 Å². The molecule has 1 fully saturated rings. The van der Waals surface area contributed by atoms with Crippen LogP contribution in [-0.4, -0.2) is 26.8 Å². The molecule has 0 spiro atoms. The summed E-state index contributed by atoms with van der Waals surface area (Å²) in [5.41, 5.74) is 1.98. The average molecular weight is 468 g/mol. The number of methoxy groups -OCH3 is 1. The number of benzene rings is 2. The lowest BCUT2D eigenvalue weighted by molar-refractivity contribution is -0.384. The summed E-state index contributed by atoms with van der Waals surface area (Å²) in [4.78, 5) is 10.8. The molecule has 1 atom stereocenters. The molecule has 174 valence electrons. The van der Waals surface area contributed by atoms with Gasteiger partial charge < -0.3 is 14.6 Å². The molecule has 1 heterocycles. The fourth-order valence-corrected chi connectivity index (χ4v) is 5.30. The summed E-state index contributed by atoms with van der Waals surface area (Å²) in [5.74, 6) is 1.70. The maximum absolute atomic E-state index is 11.2. The van der Waals surface area contributed by atoms with Gasteiger partial charge in [-0.15, -0.1) is 10.2 Å². The second kappa shape index (κ2) is 10.7. The molecule has 0 amide bonds. The Labute approximate surface area is 197 Å². The maximum atomic E-state index is 11.2. The minimum atomic E-state index is -0.353. The van der Waals surface area contributed by atoms with Crippen LogP contribution in [0.5, 0.6) is 5.75 Å². The first-order chi connectivity index (χ1) is 16.0. The van der Waals surface area contributed by atoms with Crippen LogP contribution >= 0.6 is 11.8 Å². The first-order valence-electron chi connectivity index (χ1n) is 11.3. The Morgan fingerprint density at radius 1 is 1.18 bits per heavy atom. The van der Waals surface area contributed by atoms with E-state index in [1.165, 1.54) is 25.3 Å². The second-order valence-corrected chi connectivity index (χ2v) is 9.57. The first-order valence-corrected chi connectivity index (χ1v) is 12.2. The third-order valence-electron chi connectivity index (χ3n) is 6.03. The molecule has 0 saturated heterocycles. The van der Waals surface area contributed by atoms with Crippen molar-refractivity contribution < 1.29 is 9.66 Å². The van der Waals surface area contributed by atoms with Crippen LogP contribution in [0, 0.1) is 10.1 Å². The molecule has 1 saturated carbocycles. The van der Waals surface area contributed by atoms with Crippen LogP contribution in [-0.2, 0) is 6.54 Å². The van der Waals surface area contributed by atoms with Crippen LogP contribution in [0.1, 0.15) is 61.7 Å². The predicted octanol–water partition coefficient (Wildman–Crippen LogP) is 6.17. The van der Waals surface area contributed by atoms with E-state index in [9.17, 15) is 10.1 Å². The van der Waals surface area contributed by atoms with E-state index in [2.05, 4.69) is 27.0 Å². The maximum Gasteiger partial charge on any atom is 0.269 e. The van der Waals surface area contributed by atoms with Crippen molar-refractivity contribution in [3.8, 4) is 5.75 Å². The highest BCUT2D eigenvalue weighted by atomic mass is 32.2. The highest BCUT2D eigenvalue weighted by Gasteiger charge is 2.25. The van der Waals surface area contributed by atoms with Crippen molar-refractivity contribution >= 4 is 23.1 Å². The molecule has 0 radical (unpaired) electrons. The zero-order chi connectivity index (χ0) is 23.2. The number of nitrogens with one attached hydrogen (secondary N) is 1. The standard InChI is InChI=1S/C24H29N5O3S/c1-17(18-8-6-12-21(14-18)29(30)31)33-24-27-26-23(28(24)20-10-4-3-5-11-20)16-25-19-9-7-13-22(15-19)32-2/h6-9,12-15,17,20,25H,3-5,10-11,16H2,1-2H3. The van der Waals surface area contributed by atoms with Gasteiger partial charge in [-0.25, -0.2) is 0 Å². The monoisotopic (exact) mass is 467 g/mol. The number of ether oxygens (including phenoxy) is 1. The van der Waals surface area contributed by atoms with Gasteiger partial charge >= 0.3 is 0 Å². The van der Waals surface area contributed by atoms with Gasteiger partial charge in [0, 0.05) is 35.2 Å². The van der Waals surface area contributed by atoms with Gasteiger partial charge in [0.1, 0.15) is 5.75 Å². The molecule has 8 nitrogen and oxygen atoms in total. The van der Waals surface area contributed by atoms with Gasteiger partial charge in [-0.3, -0.25) is 10.1 Å². The lowest BCUT2D eigenvalue weighted by Gasteiger charge is -2.26. The molecule has 1 N–H and O–H groups in total. The molecule has 1 aliphatic carbocycles. The van der Waals surface area contributed by atoms with Gasteiger partial charge in [-0.1, -0.05) is 49.2 Å². The molecule has 3 aromatic rings. The highest BCUT2D eigenvalue weighted by Crippen LogP contribution is 2.39. The summed E-state index contributed by atoms with van der Waals surface area (Å²) in [6.45, 7) is 2.61. The average Bonchev–Trinajstić information content (AvgIpc) is 3.25. The Balaban J connectivity index is 1.56. The van der Waals surface area contributed by atoms with E-state index < -0.39 is 0 Å². The van der Waals surface area contributed by atoms with Crippen molar-refractivity contribution in [3.63, 3.8) is 0 Å². The minimum Gasteiger partial charge on any atom is -0.497 e. The number of nitrogens with zero attached hydrogens (tertiary/aromatic N) is 4. The first kappa shape index (κ1) is 23.1. The largest absolute Gasteiger partial charge is 0.497 e. The normalized spacial score (nSPS) is 15.2. The summed E-state index contributed by atoms with van der Waals surface area (Å²) in [6, 6.07) is 15.0. The number of hydrogen-bond donors (Lipinski definition) is 1. The molecular formula is C24H29N5O3S. The molecule has 1 unspecified atom stereocenters. The minimum absolute atomic E-state index is 0.00985. The molecule has 1 aliphatic rings. The molecule has 33 heavy (non-hydrogen) atoms. The van der Waals surface area contributed by atoms with Crippen molar-refractivity contribution in [2.75, 3.05) is 12.4 Å². The van der Waals surface area contributed by atoms with Crippen molar-refractivity contribution in [1.82, 2.24) is 14.8 Å². The molecule has 9 heteroatoms. The third kappa shape index (κ3) is 5.65. The topological polar surface area (TPSA) is 95.1 Å². The van der Waals surface area contributed by atoms with E-state index >= 15 is 0 Å². The molecule has 0 bridgehead atoms. The summed E-state index contributed by atoms with van der Waals surface area (Å²) in [6.07, 6.45) is 5.90. The lowest BCUT2D eigenvalue weighted by atomic mass is 9.95. The number of anilines is 1. The quantitative estimate of drug-likeness (QED) is 0.228. The van der Waals surface area contributed by atoms with Gasteiger partial charge in [0.25, 0.3) is 5.69 Å². The number of hydrogen-bond acceptors (Lipinski definition) is 7. The number of nitro benzene ring substituents is 1. The summed E-state index contributed by atoms with van der Waals surface area (Å²) < 4.78 is 7.60. The highest BCUT2D eigenvalue weighted by molar-refractivity contribution is 7.99. The SMILES string of the molecule is COc1cccc(NCc2nnc(SC(C)c3cccc([N+](=O)[O-])c3)n2C2CCCCC2)c1. The van der Waals surface area contributed by atoms with Crippen molar-refractivity contribution in [1.29, 1.82) is 0 Å². The van der Waals surface area contributed by atoms with Crippen LogP contribution < -0.4 is 10.1 Å². The smallest absolute Gasteiger partial charge is 0.269 e. The van der Waals surface area contributed by atoms with E-state index in [4.69, 9.17) is 4.74 Å². The van der Waals surface area contributed by atoms with Crippen LogP contribution in [0.3, 0.4) is 0 Å². The van der Waals surface area contributed by atoms with E-state index in [0.717, 1.165) is 40.8 Å². The summed E-state index contributed by atoms with van der Waals surface area (Å²) in [7, 11) is 1.66. The van der Waals surface area contributed by atoms with Gasteiger partial charge in [0.05, 0.1) is 18.6 Å². The fourth-order valence-electron chi connectivity index (χ4n) is 4.25. The Morgan fingerprint density at radius 2 is 1.97 bits per heavy atom. The van der Waals surface area contributed by atoms with Gasteiger partial charge in [-0.05, 0) is 37.5 Å². The molecule has 0 aliphatic heterocycles. The van der Waals surface area contributed by atoms with Gasteiger partial charge in [0.15, 0.2) is 11.0 Å². The summed E-state index contributed by atoms with van der Waals surface area (Å²) in [5, 5.41) is 24.6. The van der Waals surface area contributed by atoms with Crippen LogP contribution in [0.2, 0.25) is 0 Å². The van der Waals surface area contributed by atoms with E-state index in [0.29, 0.717) is 12.6 Å². The molecular weight excluding hydrogens is 438 g/mol. The van der Waals surface area contributed by atoms with E-state index in [-0.39, 0.29) is 15.9 Å². The van der Waals surface area contributed by atoms with Crippen LogP contribution in [0.4, 0.5) is 11.4 Å². The Kier molecular flexibility index (Phi) is 7.49. The Morgan fingerprint density at radius 3 is 2.73 bits per heavy atom. The Bertz CT molecular complexity index is 1100. The number of nitro groups is 1. The van der Waals surface area contributed by atoms with Crippen molar-refractivity contribution in [2.24, 2.45) is 0 Å². The van der Waals surface area contributed by atoms with Crippen molar-refractivity contribution in [2.45, 2.75) is 62.0 Å². The molecule has 2 aromatic carbocycles. The van der Waals surface area contributed by atoms with E-state index in [1.54, 1.807) is 31.0 Å².